The molecular formula is C15H16F3NS. The van der Waals surface area contributed by atoms with E-state index in [1.54, 1.807) is 17.4 Å². The van der Waals surface area contributed by atoms with Gasteiger partial charge in [0.05, 0.1) is 11.6 Å². The van der Waals surface area contributed by atoms with E-state index in [0.29, 0.717) is 5.69 Å². The standard InChI is InChI=1S/C15H16F3NS/c1-10(2)14(13-7-4-8-20-13)19-12-6-3-5-11(9-12)15(16,17)18/h3-10,14,19H,1-2H3. The van der Waals surface area contributed by atoms with Crippen LogP contribution >= 0.6 is 11.3 Å². The van der Waals surface area contributed by atoms with Gasteiger partial charge in [-0.2, -0.15) is 13.2 Å². The molecule has 0 saturated carbocycles. The molecule has 0 spiro atoms. The maximum atomic E-state index is 12.7. The van der Waals surface area contributed by atoms with Gasteiger partial charge in [0.1, 0.15) is 0 Å². The van der Waals surface area contributed by atoms with Crippen molar-refractivity contribution in [3.8, 4) is 0 Å². The molecule has 0 aliphatic carbocycles. The van der Waals surface area contributed by atoms with Gasteiger partial charge >= 0.3 is 6.18 Å². The first-order chi connectivity index (χ1) is 9.38. The van der Waals surface area contributed by atoms with Crippen LogP contribution in [-0.4, -0.2) is 0 Å². The molecule has 0 fully saturated rings. The van der Waals surface area contributed by atoms with E-state index in [0.717, 1.165) is 17.0 Å². The second-order valence-corrected chi connectivity index (χ2v) is 5.94. The van der Waals surface area contributed by atoms with Gasteiger partial charge in [-0.05, 0) is 35.6 Å². The van der Waals surface area contributed by atoms with Gasteiger partial charge in [0.15, 0.2) is 0 Å². The minimum absolute atomic E-state index is 0.0125. The highest BCUT2D eigenvalue weighted by Crippen LogP contribution is 2.33. The molecule has 5 heteroatoms. The number of rotatable bonds is 4. The summed E-state index contributed by atoms with van der Waals surface area (Å²) in [5.74, 6) is 0.281. The molecule has 1 N–H and O–H groups in total. The molecule has 1 aromatic heterocycles. The molecule has 108 valence electrons. The van der Waals surface area contributed by atoms with Crippen molar-refractivity contribution in [2.24, 2.45) is 5.92 Å². The van der Waals surface area contributed by atoms with Crippen molar-refractivity contribution in [1.29, 1.82) is 0 Å². The number of nitrogens with one attached hydrogen (secondary N) is 1. The first kappa shape index (κ1) is 14.9. The van der Waals surface area contributed by atoms with Gasteiger partial charge in [-0.3, -0.25) is 0 Å². The third-order valence-corrected chi connectivity index (χ3v) is 3.98. The van der Waals surface area contributed by atoms with E-state index in [4.69, 9.17) is 0 Å². The van der Waals surface area contributed by atoms with Crippen LogP contribution in [0.3, 0.4) is 0 Å². The lowest BCUT2D eigenvalue weighted by Gasteiger charge is -2.23. The van der Waals surface area contributed by atoms with Crippen molar-refractivity contribution in [3.05, 3.63) is 52.2 Å². The Balaban J connectivity index is 2.24. The number of hydrogen-bond donors (Lipinski definition) is 1. The Kier molecular flexibility index (Phi) is 4.38. The molecule has 2 aromatic rings. The lowest BCUT2D eigenvalue weighted by atomic mass is 10.0. The van der Waals surface area contributed by atoms with Crippen LogP contribution in [0.5, 0.6) is 0 Å². The summed E-state index contributed by atoms with van der Waals surface area (Å²) in [6.07, 6.45) is -4.31. The van der Waals surface area contributed by atoms with Gasteiger partial charge in [0, 0.05) is 10.6 Å². The lowest BCUT2D eigenvalue weighted by molar-refractivity contribution is -0.137. The van der Waals surface area contributed by atoms with Crippen molar-refractivity contribution < 1.29 is 13.2 Å². The van der Waals surface area contributed by atoms with Gasteiger partial charge in [-0.1, -0.05) is 26.0 Å². The molecule has 1 heterocycles. The van der Waals surface area contributed by atoms with Crippen LogP contribution < -0.4 is 5.32 Å². The van der Waals surface area contributed by atoms with Crippen molar-refractivity contribution in [2.75, 3.05) is 5.32 Å². The number of hydrogen-bond acceptors (Lipinski definition) is 2. The first-order valence-electron chi connectivity index (χ1n) is 6.35. The fraction of sp³-hybridized carbons (Fsp3) is 0.333. The zero-order valence-corrected chi connectivity index (χ0v) is 12.1. The second-order valence-electron chi connectivity index (χ2n) is 4.96. The summed E-state index contributed by atoms with van der Waals surface area (Å²) in [6, 6.07) is 9.29. The van der Waals surface area contributed by atoms with Crippen LogP contribution in [0.15, 0.2) is 41.8 Å². The third kappa shape index (κ3) is 3.54. The highest BCUT2D eigenvalue weighted by atomic mass is 32.1. The fourth-order valence-corrected chi connectivity index (χ4v) is 2.95. The van der Waals surface area contributed by atoms with Gasteiger partial charge < -0.3 is 5.32 Å². The smallest absolute Gasteiger partial charge is 0.377 e. The summed E-state index contributed by atoms with van der Waals surface area (Å²) in [7, 11) is 0. The quantitative estimate of drug-likeness (QED) is 0.777. The Morgan fingerprint density at radius 1 is 1.10 bits per heavy atom. The molecule has 1 aromatic carbocycles. The highest BCUT2D eigenvalue weighted by molar-refractivity contribution is 7.10. The molecule has 0 radical (unpaired) electrons. The zero-order chi connectivity index (χ0) is 14.8. The summed E-state index contributed by atoms with van der Waals surface area (Å²) >= 11 is 1.60. The minimum Gasteiger partial charge on any atom is -0.377 e. The number of anilines is 1. The Morgan fingerprint density at radius 2 is 1.85 bits per heavy atom. The number of alkyl halides is 3. The van der Waals surface area contributed by atoms with Crippen LogP contribution in [0.1, 0.15) is 30.3 Å². The SMILES string of the molecule is CC(C)C(Nc1cccc(C(F)(F)F)c1)c1cccs1. The average molecular weight is 299 g/mol. The Labute approximate surface area is 120 Å². The predicted octanol–water partition coefficient (Wildman–Crippen LogP) is 5.58. The molecule has 0 aliphatic rings. The van der Waals surface area contributed by atoms with E-state index < -0.39 is 11.7 Å². The number of benzene rings is 1. The van der Waals surface area contributed by atoms with Crippen LogP contribution in [-0.2, 0) is 6.18 Å². The third-order valence-electron chi connectivity index (χ3n) is 3.03. The average Bonchev–Trinajstić information content (AvgIpc) is 2.88. The lowest BCUT2D eigenvalue weighted by Crippen LogP contribution is -2.16. The maximum Gasteiger partial charge on any atom is 0.416 e. The van der Waals surface area contributed by atoms with Crippen molar-refractivity contribution in [2.45, 2.75) is 26.1 Å². The normalized spacial score (nSPS) is 13.5. The Hall–Kier alpha value is -1.49. The van der Waals surface area contributed by atoms with Crippen molar-refractivity contribution in [3.63, 3.8) is 0 Å². The van der Waals surface area contributed by atoms with E-state index in [2.05, 4.69) is 5.32 Å². The van der Waals surface area contributed by atoms with Crippen LogP contribution in [0.4, 0.5) is 18.9 Å². The predicted molar refractivity (Wildman–Crippen MR) is 77.0 cm³/mol. The summed E-state index contributed by atoms with van der Waals surface area (Å²) in [4.78, 5) is 1.12. The zero-order valence-electron chi connectivity index (χ0n) is 11.2. The molecule has 0 saturated heterocycles. The summed E-state index contributed by atoms with van der Waals surface area (Å²) in [6.45, 7) is 4.09. The van der Waals surface area contributed by atoms with Crippen LogP contribution in [0, 0.1) is 5.92 Å². The largest absolute Gasteiger partial charge is 0.416 e. The number of thiophene rings is 1. The van der Waals surface area contributed by atoms with Crippen LogP contribution in [0.2, 0.25) is 0 Å². The van der Waals surface area contributed by atoms with Gasteiger partial charge in [-0.25, -0.2) is 0 Å². The fourth-order valence-electron chi connectivity index (χ4n) is 2.00. The monoisotopic (exact) mass is 299 g/mol. The minimum atomic E-state index is -4.31. The molecule has 1 unspecified atom stereocenters. The van der Waals surface area contributed by atoms with Gasteiger partial charge in [0.25, 0.3) is 0 Å². The molecule has 20 heavy (non-hydrogen) atoms. The Bertz CT molecular complexity index is 546. The van der Waals surface area contributed by atoms with E-state index >= 15 is 0 Å². The van der Waals surface area contributed by atoms with Crippen molar-refractivity contribution >= 4 is 17.0 Å². The molecule has 1 nitrogen and oxygen atoms in total. The van der Waals surface area contributed by atoms with Crippen LogP contribution in [0.25, 0.3) is 0 Å². The number of halogens is 3. The first-order valence-corrected chi connectivity index (χ1v) is 7.23. The summed E-state index contributed by atoms with van der Waals surface area (Å²) in [5, 5.41) is 5.17. The molecule has 0 aliphatic heterocycles. The molecular weight excluding hydrogens is 283 g/mol. The van der Waals surface area contributed by atoms with Gasteiger partial charge in [-0.15, -0.1) is 11.3 Å². The second kappa shape index (κ2) is 5.87. The van der Waals surface area contributed by atoms with E-state index in [1.165, 1.54) is 6.07 Å². The molecule has 1 atom stereocenters. The topological polar surface area (TPSA) is 12.0 Å². The van der Waals surface area contributed by atoms with E-state index in [1.807, 2.05) is 31.4 Å². The molecule has 2 rings (SSSR count). The van der Waals surface area contributed by atoms with E-state index in [-0.39, 0.29) is 12.0 Å². The summed E-state index contributed by atoms with van der Waals surface area (Å²) in [5.41, 5.74) is -0.136. The van der Waals surface area contributed by atoms with Crippen molar-refractivity contribution in [1.82, 2.24) is 0 Å². The Morgan fingerprint density at radius 3 is 2.40 bits per heavy atom. The maximum absolute atomic E-state index is 12.7. The molecule has 0 bridgehead atoms. The van der Waals surface area contributed by atoms with E-state index in [9.17, 15) is 13.2 Å². The highest BCUT2D eigenvalue weighted by Gasteiger charge is 2.30. The van der Waals surface area contributed by atoms with Gasteiger partial charge in [0.2, 0.25) is 0 Å². The summed E-state index contributed by atoms with van der Waals surface area (Å²) < 4.78 is 38.1. The molecule has 0 amide bonds.